The van der Waals surface area contributed by atoms with Crippen LogP contribution in [0.15, 0.2) is 54.6 Å². The molecule has 1 saturated heterocycles. The highest BCUT2D eigenvalue weighted by molar-refractivity contribution is 5.97. The van der Waals surface area contributed by atoms with E-state index in [1.54, 1.807) is 0 Å². The van der Waals surface area contributed by atoms with Gasteiger partial charge in [-0.3, -0.25) is 0 Å². The van der Waals surface area contributed by atoms with Crippen LogP contribution in [-0.4, -0.2) is 25.6 Å². The lowest BCUT2D eigenvalue weighted by molar-refractivity contribution is 0.0224. The molecular weight excluding hydrogens is 520 g/mol. The molecule has 0 saturated carbocycles. The third-order valence-electron chi connectivity index (χ3n) is 9.36. The Kier molecular flexibility index (Phi) is 8.73. The third kappa shape index (κ3) is 5.50. The number of rotatable bonds is 13. The van der Waals surface area contributed by atoms with Crippen LogP contribution in [0.5, 0.6) is 11.5 Å². The minimum absolute atomic E-state index is 0.284. The molecule has 0 radical (unpaired) electrons. The summed E-state index contributed by atoms with van der Waals surface area (Å²) in [6, 6.07) is 18.5. The van der Waals surface area contributed by atoms with Gasteiger partial charge < -0.3 is 19.7 Å². The van der Waals surface area contributed by atoms with Crippen molar-refractivity contribution in [3.63, 3.8) is 0 Å². The quantitative estimate of drug-likeness (QED) is 0.165. The molecule has 1 N–H and O–H groups in total. The van der Waals surface area contributed by atoms with E-state index in [1.807, 2.05) is 24.3 Å². The summed E-state index contributed by atoms with van der Waals surface area (Å²) >= 11 is 0. The van der Waals surface area contributed by atoms with Crippen LogP contribution in [0.25, 0.3) is 0 Å². The van der Waals surface area contributed by atoms with E-state index in [0.717, 1.165) is 71.2 Å². The SMILES string of the molecule is CCCCCCCCCCCCNc1cc2c(cc1C)Oc1cc(N3CCCC3)ccc1C21OC(=O)c2ccccc21. The average molecular weight is 567 g/mol. The highest BCUT2D eigenvalue weighted by Crippen LogP contribution is 2.57. The molecule has 0 amide bonds. The molecule has 0 aliphatic carbocycles. The molecule has 6 rings (SSSR count). The molecule has 42 heavy (non-hydrogen) atoms. The number of carbonyl (C=O) groups excluding carboxylic acids is 1. The average Bonchev–Trinajstić information content (AvgIpc) is 3.64. The second-order valence-electron chi connectivity index (χ2n) is 12.4. The molecule has 222 valence electrons. The van der Waals surface area contributed by atoms with Crippen LogP contribution in [-0.2, 0) is 10.3 Å². The highest BCUT2D eigenvalue weighted by Gasteiger charge is 2.53. The van der Waals surface area contributed by atoms with E-state index in [1.165, 1.54) is 70.6 Å². The highest BCUT2D eigenvalue weighted by atomic mass is 16.6. The van der Waals surface area contributed by atoms with Gasteiger partial charge in [-0.2, -0.15) is 0 Å². The van der Waals surface area contributed by atoms with Gasteiger partial charge in [-0.05, 0) is 62.1 Å². The van der Waals surface area contributed by atoms with Crippen molar-refractivity contribution in [3.8, 4) is 11.5 Å². The van der Waals surface area contributed by atoms with Crippen LogP contribution >= 0.6 is 0 Å². The van der Waals surface area contributed by atoms with Crippen LogP contribution in [0.1, 0.15) is 117 Å². The van der Waals surface area contributed by atoms with E-state index in [9.17, 15) is 4.79 Å². The molecule has 3 aromatic rings. The van der Waals surface area contributed by atoms with Gasteiger partial charge in [0.05, 0.1) is 5.56 Å². The number of unbranched alkanes of at least 4 members (excludes halogenated alkanes) is 9. The molecule has 0 bridgehead atoms. The van der Waals surface area contributed by atoms with Crippen LogP contribution < -0.4 is 15.0 Å². The van der Waals surface area contributed by atoms with Crippen LogP contribution in [0.4, 0.5) is 11.4 Å². The maximum atomic E-state index is 13.3. The molecule has 3 aromatic carbocycles. The van der Waals surface area contributed by atoms with E-state index in [-0.39, 0.29) is 5.97 Å². The van der Waals surface area contributed by atoms with Crippen molar-refractivity contribution in [2.45, 2.75) is 96.5 Å². The summed E-state index contributed by atoms with van der Waals surface area (Å²) in [7, 11) is 0. The fourth-order valence-corrected chi connectivity index (χ4v) is 7.01. The van der Waals surface area contributed by atoms with Crippen molar-refractivity contribution in [2.75, 3.05) is 29.9 Å². The van der Waals surface area contributed by atoms with Gasteiger partial charge in [-0.25, -0.2) is 4.79 Å². The number of benzene rings is 3. The van der Waals surface area contributed by atoms with Crippen LogP contribution in [0.2, 0.25) is 0 Å². The Labute approximate surface area is 251 Å². The molecule has 3 heterocycles. The first-order valence-corrected chi connectivity index (χ1v) is 16.4. The number of anilines is 2. The third-order valence-corrected chi connectivity index (χ3v) is 9.36. The zero-order valence-corrected chi connectivity index (χ0v) is 25.5. The van der Waals surface area contributed by atoms with Gasteiger partial charge in [0.15, 0.2) is 5.60 Å². The number of ether oxygens (including phenoxy) is 2. The van der Waals surface area contributed by atoms with E-state index in [0.29, 0.717) is 5.56 Å². The summed E-state index contributed by atoms with van der Waals surface area (Å²) in [4.78, 5) is 15.7. The molecular formula is C37H46N2O3. The fraction of sp³-hybridized carbons (Fsp3) is 0.486. The number of aryl methyl sites for hydroxylation is 1. The number of esters is 1. The Morgan fingerprint density at radius 2 is 1.48 bits per heavy atom. The van der Waals surface area contributed by atoms with Crippen molar-refractivity contribution in [1.82, 2.24) is 0 Å². The number of carbonyl (C=O) groups is 1. The Morgan fingerprint density at radius 3 is 2.24 bits per heavy atom. The standard InChI is InChI=1S/C37H46N2O3/c1-3-4-5-6-7-8-9-10-11-14-21-38-33-26-32-34(24-27(33)2)41-35-25-28(39-22-15-16-23-39)19-20-31(35)37(32)30-18-13-12-17-29(30)36(40)42-37/h12-13,17-20,24-26,38H,3-11,14-16,21-23H2,1-2H3. The molecule has 1 unspecified atom stereocenters. The maximum absolute atomic E-state index is 13.3. The molecule has 0 aromatic heterocycles. The van der Waals surface area contributed by atoms with Gasteiger partial charge in [0, 0.05) is 53.8 Å². The predicted octanol–water partition coefficient (Wildman–Crippen LogP) is 9.50. The van der Waals surface area contributed by atoms with E-state index < -0.39 is 5.60 Å². The largest absolute Gasteiger partial charge is 0.456 e. The number of nitrogens with one attached hydrogen (secondary N) is 1. The zero-order chi connectivity index (χ0) is 28.9. The minimum atomic E-state index is -1.03. The van der Waals surface area contributed by atoms with Crippen molar-refractivity contribution >= 4 is 17.3 Å². The van der Waals surface area contributed by atoms with Crippen molar-refractivity contribution in [2.24, 2.45) is 0 Å². The smallest absolute Gasteiger partial charge is 0.340 e. The maximum Gasteiger partial charge on any atom is 0.340 e. The van der Waals surface area contributed by atoms with Crippen molar-refractivity contribution < 1.29 is 14.3 Å². The molecule has 5 nitrogen and oxygen atoms in total. The van der Waals surface area contributed by atoms with Gasteiger partial charge >= 0.3 is 5.97 Å². The Hall–Kier alpha value is -3.47. The van der Waals surface area contributed by atoms with Gasteiger partial charge in [0.1, 0.15) is 11.5 Å². The lowest BCUT2D eigenvalue weighted by Crippen LogP contribution is -2.33. The van der Waals surface area contributed by atoms with E-state index >= 15 is 0 Å². The monoisotopic (exact) mass is 566 g/mol. The zero-order valence-electron chi connectivity index (χ0n) is 25.5. The second-order valence-corrected chi connectivity index (χ2v) is 12.4. The number of nitrogens with zero attached hydrogens (tertiary/aromatic N) is 1. The Balaban J connectivity index is 1.21. The summed E-state index contributed by atoms with van der Waals surface area (Å²) < 4.78 is 13.0. The molecule has 1 spiro atoms. The lowest BCUT2D eigenvalue weighted by Gasteiger charge is -2.37. The molecule has 3 aliphatic heterocycles. The predicted molar refractivity (Wildman–Crippen MR) is 171 cm³/mol. The first kappa shape index (κ1) is 28.6. The summed E-state index contributed by atoms with van der Waals surface area (Å²) in [6.45, 7) is 7.45. The number of fused-ring (bicyclic) bond motifs is 6. The van der Waals surface area contributed by atoms with Crippen LogP contribution in [0.3, 0.4) is 0 Å². The van der Waals surface area contributed by atoms with E-state index in [4.69, 9.17) is 9.47 Å². The first-order chi connectivity index (χ1) is 20.6. The molecule has 1 atom stereocenters. The van der Waals surface area contributed by atoms with E-state index in [2.05, 4.69) is 54.4 Å². The van der Waals surface area contributed by atoms with Crippen molar-refractivity contribution in [1.29, 1.82) is 0 Å². The first-order valence-electron chi connectivity index (χ1n) is 16.4. The fourth-order valence-electron chi connectivity index (χ4n) is 7.01. The topological polar surface area (TPSA) is 50.8 Å². The summed E-state index contributed by atoms with van der Waals surface area (Å²) in [5.41, 5.74) is 5.63. The molecule has 1 fully saturated rings. The summed E-state index contributed by atoms with van der Waals surface area (Å²) in [6.07, 6.45) is 15.7. The van der Waals surface area contributed by atoms with Gasteiger partial charge in [0.25, 0.3) is 0 Å². The van der Waals surface area contributed by atoms with Gasteiger partial charge in [-0.1, -0.05) is 82.9 Å². The number of hydrogen-bond donors (Lipinski definition) is 1. The summed E-state index contributed by atoms with van der Waals surface area (Å²) in [5.74, 6) is 1.24. The molecule has 5 heteroatoms. The minimum Gasteiger partial charge on any atom is -0.456 e. The van der Waals surface area contributed by atoms with Crippen LogP contribution in [0, 0.1) is 6.92 Å². The lowest BCUT2D eigenvalue weighted by atomic mass is 9.77. The van der Waals surface area contributed by atoms with Gasteiger partial charge in [-0.15, -0.1) is 0 Å². The molecule has 3 aliphatic rings. The normalized spacial score (nSPS) is 18.4. The Bertz CT molecular complexity index is 1410. The van der Waals surface area contributed by atoms with Gasteiger partial charge in [0.2, 0.25) is 0 Å². The Morgan fingerprint density at radius 1 is 0.786 bits per heavy atom. The number of hydrogen-bond acceptors (Lipinski definition) is 5. The summed E-state index contributed by atoms with van der Waals surface area (Å²) in [5, 5.41) is 3.70. The van der Waals surface area contributed by atoms with Crippen molar-refractivity contribution in [3.05, 3.63) is 82.4 Å². The second kappa shape index (κ2) is 12.8.